The van der Waals surface area contributed by atoms with Crippen LogP contribution in [0, 0.1) is 11.3 Å². The first-order chi connectivity index (χ1) is 10.2. The number of hydrogen-bond donors (Lipinski definition) is 1. The summed E-state index contributed by atoms with van der Waals surface area (Å²) in [6, 6.07) is 10.8. The highest BCUT2D eigenvalue weighted by Crippen LogP contribution is 2.58. The molecule has 2 aliphatic carbocycles. The standard InChI is InChI=1S/C20H28OSi/c1-14-17-11-16(21)12-20(17,2)13-18(22(3,4)5)19(14)15-9-7-6-8-10-15/h6-10,16-17,21H,1,11-13H2,2-5H3/t16-,17+,20+/m1/s1. The van der Waals surface area contributed by atoms with Crippen LogP contribution in [0.4, 0.5) is 0 Å². The van der Waals surface area contributed by atoms with E-state index in [0.29, 0.717) is 5.92 Å². The Morgan fingerprint density at radius 1 is 1.18 bits per heavy atom. The van der Waals surface area contributed by atoms with Gasteiger partial charge < -0.3 is 5.11 Å². The minimum absolute atomic E-state index is 0.162. The molecule has 1 nitrogen and oxygen atoms in total. The summed E-state index contributed by atoms with van der Waals surface area (Å²) in [7, 11) is -1.44. The summed E-state index contributed by atoms with van der Waals surface area (Å²) in [6.45, 7) is 14.2. The molecule has 2 aliphatic rings. The molecule has 0 heterocycles. The van der Waals surface area contributed by atoms with E-state index in [0.717, 1.165) is 19.3 Å². The molecule has 118 valence electrons. The summed E-state index contributed by atoms with van der Waals surface area (Å²) in [5, 5.41) is 11.9. The molecule has 0 unspecified atom stereocenters. The van der Waals surface area contributed by atoms with Gasteiger partial charge in [0, 0.05) is 0 Å². The van der Waals surface area contributed by atoms with Crippen molar-refractivity contribution in [2.24, 2.45) is 11.3 Å². The molecular formula is C20H28OSi. The van der Waals surface area contributed by atoms with Gasteiger partial charge in [-0.3, -0.25) is 0 Å². The molecule has 0 spiro atoms. The van der Waals surface area contributed by atoms with E-state index in [2.05, 4.69) is 63.5 Å². The van der Waals surface area contributed by atoms with Crippen molar-refractivity contribution >= 4 is 13.6 Å². The van der Waals surface area contributed by atoms with Crippen molar-refractivity contribution in [1.82, 2.24) is 0 Å². The van der Waals surface area contributed by atoms with E-state index in [1.54, 1.807) is 5.20 Å². The number of rotatable bonds is 2. The van der Waals surface area contributed by atoms with Crippen LogP contribution in [0.5, 0.6) is 0 Å². The van der Waals surface area contributed by atoms with Crippen molar-refractivity contribution in [3.05, 3.63) is 53.2 Å². The summed E-state index contributed by atoms with van der Waals surface area (Å²) in [5.41, 5.74) is 4.20. The number of aliphatic hydroxyl groups is 1. The van der Waals surface area contributed by atoms with E-state index >= 15 is 0 Å². The molecule has 3 rings (SSSR count). The minimum Gasteiger partial charge on any atom is -0.393 e. The van der Waals surface area contributed by atoms with Gasteiger partial charge in [0.05, 0.1) is 14.2 Å². The van der Waals surface area contributed by atoms with Crippen molar-refractivity contribution < 1.29 is 5.11 Å². The highest BCUT2D eigenvalue weighted by Gasteiger charge is 2.50. The molecule has 1 N–H and O–H groups in total. The maximum Gasteiger partial charge on any atom is 0.0732 e. The normalized spacial score (nSPS) is 32.3. The molecule has 2 heteroatoms. The zero-order valence-electron chi connectivity index (χ0n) is 14.3. The fourth-order valence-corrected chi connectivity index (χ4v) is 6.53. The Morgan fingerprint density at radius 3 is 2.41 bits per heavy atom. The van der Waals surface area contributed by atoms with E-state index in [-0.39, 0.29) is 11.5 Å². The molecule has 1 aromatic carbocycles. The third kappa shape index (κ3) is 2.53. The van der Waals surface area contributed by atoms with Crippen LogP contribution in [0.25, 0.3) is 5.57 Å². The first-order valence-corrected chi connectivity index (χ1v) is 11.9. The first-order valence-electron chi connectivity index (χ1n) is 8.39. The molecule has 0 aliphatic heterocycles. The average Bonchev–Trinajstić information content (AvgIpc) is 2.74. The lowest BCUT2D eigenvalue weighted by Crippen LogP contribution is -2.37. The Balaban J connectivity index is 2.17. The van der Waals surface area contributed by atoms with Gasteiger partial charge in [0.15, 0.2) is 0 Å². The van der Waals surface area contributed by atoms with Crippen molar-refractivity contribution in [1.29, 1.82) is 0 Å². The van der Waals surface area contributed by atoms with E-state index in [1.165, 1.54) is 16.7 Å². The predicted molar refractivity (Wildman–Crippen MR) is 97.3 cm³/mol. The van der Waals surface area contributed by atoms with Gasteiger partial charge >= 0.3 is 0 Å². The van der Waals surface area contributed by atoms with Gasteiger partial charge in [-0.1, -0.05) is 68.7 Å². The summed E-state index contributed by atoms with van der Waals surface area (Å²) in [5.74, 6) is 0.429. The molecule has 0 aromatic heterocycles. The van der Waals surface area contributed by atoms with Gasteiger partial charge in [-0.25, -0.2) is 0 Å². The second kappa shape index (κ2) is 5.21. The lowest BCUT2D eigenvalue weighted by atomic mass is 9.67. The Bertz CT molecular complexity index is 623. The number of fused-ring (bicyclic) bond motifs is 1. The number of hydrogen-bond acceptors (Lipinski definition) is 1. The van der Waals surface area contributed by atoms with Crippen LogP contribution in [0.15, 0.2) is 47.7 Å². The first kappa shape index (κ1) is 15.8. The lowest BCUT2D eigenvalue weighted by Gasteiger charge is -2.44. The highest BCUT2D eigenvalue weighted by molar-refractivity contribution is 6.84. The third-order valence-corrected chi connectivity index (χ3v) is 7.88. The third-order valence-electron chi connectivity index (χ3n) is 5.64. The van der Waals surface area contributed by atoms with Crippen molar-refractivity contribution in [2.45, 2.75) is 51.9 Å². The summed E-state index contributed by atoms with van der Waals surface area (Å²) >= 11 is 0. The summed E-state index contributed by atoms with van der Waals surface area (Å²) < 4.78 is 0. The molecule has 1 saturated carbocycles. The second-order valence-corrected chi connectivity index (χ2v) is 13.6. The van der Waals surface area contributed by atoms with Gasteiger partial charge in [-0.2, -0.15) is 0 Å². The molecule has 22 heavy (non-hydrogen) atoms. The lowest BCUT2D eigenvalue weighted by molar-refractivity contribution is 0.163. The van der Waals surface area contributed by atoms with Gasteiger partial charge in [-0.05, 0) is 47.3 Å². The monoisotopic (exact) mass is 312 g/mol. The summed E-state index contributed by atoms with van der Waals surface area (Å²) in [4.78, 5) is 0. The Morgan fingerprint density at radius 2 is 1.82 bits per heavy atom. The number of allylic oxidation sites excluding steroid dienone is 3. The van der Waals surface area contributed by atoms with Gasteiger partial charge in [0.25, 0.3) is 0 Å². The zero-order chi connectivity index (χ0) is 16.1. The van der Waals surface area contributed by atoms with Crippen molar-refractivity contribution in [2.75, 3.05) is 0 Å². The highest BCUT2D eigenvalue weighted by atomic mass is 28.3. The molecule has 0 saturated heterocycles. The van der Waals surface area contributed by atoms with E-state index in [1.807, 2.05) is 0 Å². The Labute approximate surface area is 135 Å². The van der Waals surface area contributed by atoms with Crippen LogP contribution in [-0.2, 0) is 0 Å². The smallest absolute Gasteiger partial charge is 0.0732 e. The molecule has 0 radical (unpaired) electrons. The molecular weight excluding hydrogens is 284 g/mol. The minimum atomic E-state index is -1.44. The maximum absolute atomic E-state index is 10.2. The van der Waals surface area contributed by atoms with Crippen LogP contribution in [0.3, 0.4) is 0 Å². The average molecular weight is 313 g/mol. The number of benzene rings is 1. The molecule has 1 aromatic rings. The molecule has 0 amide bonds. The van der Waals surface area contributed by atoms with Crippen molar-refractivity contribution in [3.8, 4) is 0 Å². The number of aliphatic hydroxyl groups excluding tert-OH is 1. The van der Waals surface area contributed by atoms with Crippen LogP contribution in [-0.4, -0.2) is 19.3 Å². The Kier molecular flexibility index (Phi) is 3.73. The van der Waals surface area contributed by atoms with E-state index in [4.69, 9.17) is 0 Å². The van der Waals surface area contributed by atoms with Crippen LogP contribution >= 0.6 is 0 Å². The van der Waals surface area contributed by atoms with Crippen LogP contribution in [0.1, 0.15) is 31.7 Å². The largest absolute Gasteiger partial charge is 0.393 e. The van der Waals surface area contributed by atoms with Gasteiger partial charge in [0.2, 0.25) is 0 Å². The molecule has 0 bridgehead atoms. The fourth-order valence-electron chi connectivity index (χ4n) is 4.54. The maximum atomic E-state index is 10.2. The summed E-state index contributed by atoms with van der Waals surface area (Å²) in [6.07, 6.45) is 2.77. The van der Waals surface area contributed by atoms with E-state index < -0.39 is 8.07 Å². The topological polar surface area (TPSA) is 20.2 Å². The zero-order valence-corrected chi connectivity index (χ0v) is 15.3. The van der Waals surface area contributed by atoms with Crippen molar-refractivity contribution in [3.63, 3.8) is 0 Å². The molecule has 3 atom stereocenters. The SMILES string of the molecule is C=C1C(c2ccccc2)=C([Si](C)(C)C)C[C@]2(C)C[C@H](O)C[C@@H]12. The quantitative estimate of drug-likeness (QED) is 0.757. The Hall–Kier alpha value is -1.12. The van der Waals surface area contributed by atoms with E-state index in [9.17, 15) is 5.11 Å². The van der Waals surface area contributed by atoms with Crippen LogP contribution < -0.4 is 0 Å². The second-order valence-electron chi connectivity index (χ2n) is 8.47. The van der Waals surface area contributed by atoms with Gasteiger partial charge in [-0.15, -0.1) is 0 Å². The fraction of sp³-hybridized carbons (Fsp3) is 0.500. The van der Waals surface area contributed by atoms with Gasteiger partial charge in [0.1, 0.15) is 0 Å². The van der Waals surface area contributed by atoms with Crippen LogP contribution in [0.2, 0.25) is 19.6 Å². The molecule has 1 fully saturated rings. The predicted octanol–water partition coefficient (Wildman–Crippen LogP) is 5.05.